The third-order valence-corrected chi connectivity index (χ3v) is 6.99. The van der Waals surface area contributed by atoms with E-state index in [-0.39, 0.29) is 24.7 Å². The van der Waals surface area contributed by atoms with Crippen LogP contribution in [0.25, 0.3) is 10.8 Å². The number of aryl methyl sites for hydroxylation is 1. The first-order chi connectivity index (χ1) is 17.5. The topological polar surface area (TPSA) is 67.8 Å². The van der Waals surface area contributed by atoms with Crippen LogP contribution in [0.4, 0.5) is 0 Å². The minimum atomic E-state index is -0.984. The number of ether oxygens (including phenoxy) is 2. The molecule has 0 saturated carbocycles. The summed E-state index contributed by atoms with van der Waals surface area (Å²) in [5.41, 5.74) is 4.44. The molecule has 0 spiro atoms. The van der Waals surface area contributed by atoms with Crippen molar-refractivity contribution in [3.05, 3.63) is 107 Å². The first-order valence-electron chi connectivity index (χ1n) is 12.4. The first-order valence-corrected chi connectivity index (χ1v) is 12.4. The number of benzene rings is 4. The molecule has 1 aliphatic heterocycles. The fraction of sp³-hybridized carbons (Fsp3) is 0.258. The molecule has 5 rings (SSSR count). The number of carboxylic acid groups (broad SMARTS) is 1. The predicted molar refractivity (Wildman–Crippen MR) is 142 cm³/mol. The summed E-state index contributed by atoms with van der Waals surface area (Å²) in [5, 5.41) is 15.3. The van der Waals surface area contributed by atoms with Gasteiger partial charge < -0.3 is 19.9 Å². The standard InChI is InChI=1S/C31H31NO4/c1-20-14-15-23(16-30(20)35-19-31(33)34)28-17-24(36-29-13-6-5-11-27(28)29)18-32-21(2)25-12-7-9-22-8-3-4-10-26(22)25/h3-16,21,24,28,32H,17-19H2,1-2H3,(H,33,34)/t21-,24-,28+/m1/s1. The Bertz CT molecular complexity index is 1380. The molecule has 0 aromatic heterocycles. The highest BCUT2D eigenvalue weighted by Gasteiger charge is 2.30. The van der Waals surface area contributed by atoms with Crippen molar-refractivity contribution in [1.82, 2.24) is 5.32 Å². The number of hydrogen-bond donors (Lipinski definition) is 2. The summed E-state index contributed by atoms with van der Waals surface area (Å²) in [5.74, 6) is 0.648. The molecule has 0 saturated heterocycles. The van der Waals surface area contributed by atoms with Gasteiger partial charge in [0.2, 0.25) is 0 Å². The van der Waals surface area contributed by atoms with Gasteiger partial charge in [-0.1, -0.05) is 72.8 Å². The molecule has 4 aromatic carbocycles. The molecule has 1 aliphatic rings. The minimum absolute atomic E-state index is 0.00739. The molecule has 3 atom stereocenters. The summed E-state index contributed by atoms with van der Waals surface area (Å²) < 4.78 is 12.0. The monoisotopic (exact) mass is 481 g/mol. The number of hydrogen-bond acceptors (Lipinski definition) is 4. The maximum atomic E-state index is 11.0. The third-order valence-electron chi connectivity index (χ3n) is 6.99. The summed E-state index contributed by atoms with van der Waals surface area (Å²) in [6, 6.07) is 29.4. The van der Waals surface area contributed by atoms with E-state index in [1.54, 1.807) is 0 Å². The van der Waals surface area contributed by atoms with Crippen molar-refractivity contribution in [2.75, 3.05) is 13.2 Å². The molecular formula is C31H31NO4. The van der Waals surface area contributed by atoms with Crippen LogP contribution in [0.1, 0.15) is 47.6 Å². The molecule has 0 bridgehead atoms. The van der Waals surface area contributed by atoms with Gasteiger partial charge in [-0.25, -0.2) is 4.79 Å². The van der Waals surface area contributed by atoms with Crippen molar-refractivity contribution >= 4 is 16.7 Å². The normalized spacial score (nSPS) is 17.7. The van der Waals surface area contributed by atoms with Gasteiger partial charge in [-0.15, -0.1) is 0 Å². The molecule has 36 heavy (non-hydrogen) atoms. The van der Waals surface area contributed by atoms with Crippen molar-refractivity contribution in [3.63, 3.8) is 0 Å². The van der Waals surface area contributed by atoms with Gasteiger partial charge in [0.05, 0.1) is 0 Å². The van der Waals surface area contributed by atoms with Crippen LogP contribution in [0.15, 0.2) is 84.9 Å². The average Bonchev–Trinajstić information content (AvgIpc) is 2.90. The summed E-state index contributed by atoms with van der Waals surface area (Å²) in [6.45, 7) is 4.49. The first kappa shape index (κ1) is 23.9. The summed E-state index contributed by atoms with van der Waals surface area (Å²) >= 11 is 0. The van der Waals surface area contributed by atoms with E-state index in [4.69, 9.17) is 14.6 Å². The maximum Gasteiger partial charge on any atom is 0.341 e. The van der Waals surface area contributed by atoms with Gasteiger partial charge in [0, 0.05) is 24.1 Å². The van der Waals surface area contributed by atoms with Gasteiger partial charge in [0.15, 0.2) is 6.61 Å². The van der Waals surface area contributed by atoms with Gasteiger partial charge in [-0.3, -0.25) is 0 Å². The van der Waals surface area contributed by atoms with Crippen molar-refractivity contribution in [2.45, 2.75) is 38.3 Å². The summed E-state index contributed by atoms with van der Waals surface area (Å²) in [4.78, 5) is 11.0. The molecule has 5 nitrogen and oxygen atoms in total. The Morgan fingerprint density at radius 1 is 1.06 bits per heavy atom. The second kappa shape index (κ2) is 10.4. The number of aliphatic carboxylic acids is 1. The second-order valence-electron chi connectivity index (χ2n) is 9.47. The highest BCUT2D eigenvalue weighted by molar-refractivity contribution is 5.86. The van der Waals surface area contributed by atoms with E-state index in [0.717, 1.165) is 28.9 Å². The van der Waals surface area contributed by atoms with Crippen LogP contribution >= 0.6 is 0 Å². The van der Waals surface area contributed by atoms with Gasteiger partial charge in [-0.05, 0) is 59.9 Å². The van der Waals surface area contributed by atoms with Crippen molar-refractivity contribution in [1.29, 1.82) is 0 Å². The van der Waals surface area contributed by atoms with E-state index in [9.17, 15) is 4.79 Å². The molecule has 0 unspecified atom stereocenters. The average molecular weight is 482 g/mol. The van der Waals surface area contributed by atoms with Crippen LogP contribution in [-0.4, -0.2) is 30.3 Å². The molecule has 1 heterocycles. The third kappa shape index (κ3) is 5.07. The van der Waals surface area contributed by atoms with Crippen molar-refractivity contribution in [3.8, 4) is 11.5 Å². The molecule has 0 fully saturated rings. The predicted octanol–water partition coefficient (Wildman–Crippen LogP) is 6.25. The number of carboxylic acids is 1. The number of rotatable bonds is 8. The molecular weight excluding hydrogens is 450 g/mol. The fourth-order valence-electron chi connectivity index (χ4n) is 5.11. The lowest BCUT2D eigenvalue weighted by Crippen LogP contribution is -2.37. The van der Waals surface area contributed by atoms with Crippen LogP contribution in [-0.2, 0) is 4.79 Å². The lowest BCUT2D eigenvalue weighted by atomic mass is 9.83. The Morgan fingerprint density at radius 2 is 1.83 bits per heavy atom. The second-order valence-corrected chi connectivity index (χ2v) is 9.47. The molecule has 0 aliphatic carbocycles. The largest absolute Gasteiger partial charge is 0.489 e. The molecule has 184 valence electrons. The Kier molecular flexibility index (Phi) is 6.92. The van der Waals surface area contributed by atoms with E-state index in [0.29, 0.717) is 12.3 Å². The van der Waals surface area contributed by atoms with Gasteiger partial charge >= 0.3 is 5.97 Å². The smallest absolute Gasteiger partial charge is 0.341 e. The Labute approximate surface area is 211 Å². The zero-order chi connectivity index (χ0) is 25.1. The van der Waals surface area contributed by atoms with Crippen LogP contribution < -0.4 is 14.8 Å². The molecule has 0 amide bonds. The van der Waals surface area contributed by atoms with E-state index in [2.05, 4.69) is 66.8 Å². The molecule has 0 radical (unpaired) electrons. The highest BCUT2D eigenvalue weighted by Crippen LogP contribution is 2.41. The minimum Gasteiger partial charge on any atom is -0.489 e. The van der Waals surface area contributed by atoms with Crippen LogP contribution in [0, 0.1) is 6.92 Å². The number of fused-ring (bicyclic) bond motifs is 2. The van der Waals surface area contributed by atoms with E-state index < -0.39 is 5.97 Å². The Hall–Kier alpha value is -3.83. The summed E-state index contributed by atoms with van der Waals surface area (Å²) in [7, 11) is 0. The van der Waals surface area contributed by atoms with Gasteiger partial charge in [-0.2, -0.15) is 0 Å². The highest BCUT2D eigenvalue weighted by atomic mass is 16.5. The summed E-state index contributed by atoms with van der Waals surface area (Å²) in [6.07, 6.45) is 0.806. The number of nitrogens with one attached hydrogen (secondary N) is 1. The Morgan fingerprint density at radius 3 is 2.69 bits per heavy atom. The van der Waals surface area contributed by atoms with Crippen LogP contribution in [0.5, 0.6) is 11.5 Å². The van der Waals surface area contributed by atoms with Crippen molar-refractivity contribution in [2.24, 2.45) is 0 Å². The van der Waals surface area contributed by atoms with E-state index in [1.807, 2.05) is 37.3 Å². The molecule has 5 heteroatoms. The van der Waals surface area contributed by atoms with Crippen molar-refractivity contribution < 1.29 is 19.4 Å². The van der Waals surface area contributed by atoms with Gasteiger partial charge in [0.1, 0.15) is 17.6 Å². The lowest BCUT2D eigenvalue weighted by Gasteiger charge is -2.33. The van der Waals surface area contributed by atoms with E-state index in [1.165, 1.54) is 16.3 Å². The van der Waals surface area contributed by atoms with Crippen LogP contribution in [0.3, 0.4) is 0 Å². The quantitative estimate of drug-likeness (QED) is 0.312. The number of carbonyl (C=O) groups is 1. The van der Waals surface area contributed by atoms with Gasteiger partial charge in [0.25, 0.3) is 0 Å². The molecule has 4 aromatic rings. The van der Waals surface area contributed by atoms with E-state index >= 15 is 0 Å². The maximum absolute atomic E-state index is 11.0. The molecule has 2 N–H and O–H groups in total. The zero-order valence-corrected chi connectivity index (χ0v) is 20.6. The SMILES string of the molecule is Cc1ccc([C@@H]2C[C@H](CN[C@H](C)c3cccc4ccccc34)Oc3ccccc32)cc1OCC(=O)O. The number of para-hydroxylation sites is 1. The Balaban J connectivity index is 1.36. The zero-order valence-electron chi connectivity index (χ0n) is 20.6. The lowest BCUT2D eigenvalue weighted by molar-refractivity contribution is -0.139. The van der Waals surface area contributed by atoms with Crippen LogP contribution in [0.2, 0.25) is 0 Å². The fourth-order valence-corrected chi connectivity index (χ4v) is 5.11.